The van der Waals surface area contributed by atoms with Crippen LogP contribution < -0.4 is 5.32 Å². The summed E-state index contributed by atoms with van der Waals surface area (Å²) in [4.78, 5) is 4.12. The van der Waals surface area contributed by atoms with Crippen LogP contribution in [0.5, 0.6) is 0 Å². The highest BCUT2D eigenvalue weighted by molar-refractivity contribution is 9.10. The van der Waals surface area contributed by atoms with E-state index in [1.54, 1.807) is 18.5 Å². The van der Waals surface area contributed by atoms with Gasteiger partial charge in [-0.25, -0.2) is 4.39 Å². The molecule has 0 aliphatic carbocycles. The van der Waals surface area contributed by atoms with Crippen LogP contribution in [0.1, 0.15) is 22.7 Å². The third-order valence-corrected chi connectivity index (χ3v) is 3.45. The molecule has 0 bridgehead atoms. The van der Waals surface area contributed by atoms with Crippen molar-refractivity contribution in [1.29, 1.82) is 0 Å². The highest BCUT2D eigenvalue weighted by atomic mass is 79.9. The Bertz CT molecular complexity index is 557. The smallest absolute Gasteiger partial charge is 0.129 e. The van der Waals surface area contributed by atoms with Crippen molar-refractivity contribution >= 4 is 15.9 Å². The summed E-state index contributed by atoms with van der Waals surface area (Å²) < 4.78 is 14.8. The van der Waals surface area contributed by atoms with Crippen molar-refractivity contribution in [3.63, 3.8) is 0 Å². The maximum atomic E-state index is 14.0. The van der Waals surface area contributed by atoms with Crippen LogP contribution in [-0.4, -0.2) is 12.0 Å². The monoisotopic (exact) mass is 308 g/mol. The molecule has 0 aliphatic heterocycles. The number of nitrogens with one attached hydrogen (secondary N) is 1. The van der Waals surface area contributed by atoms with E-state index >= 15 is 0 Å². The molecule has 0 saturated carbocycles. The van der Waals surface area contributed by atoms with E-state index in [0.29, 0.717) is 5.56 Å². The first-order valence-corrected chi connectivity index (χ1v) is 6.45. The van der Waals surface area contributed by atoms with Gasteiger partial charge in [0.2, 0.25) is 0 Å². The van der Waals surface area contributed by atoms with Gasteiger partial charge in [0, 0.05) is 22.4 Å². The van der Waals surface area contributed by atoms with Gasteiger partial charge in [0.1, 0.15) is 5.82 Å². The first kappa shape index (κ1) is 13.2. The lowest BCUT2D eigenvalue weighted by Gasteiger charge is -2.19. The highest BCUT2D eigenvalue weighted by Crippen LogP contribution is 2.27. The van der Waals surface area contributed by atoms with Crippen molar-refractivity contribution in [1.82, 2.24) is 10.3 Å². The molecule has 4 heteroatoms. The quantitative estimate of drug-likeness (QED) is 0.937. The van der Waals surface area contributed by atoms with Gasteiger partial charge in [0.05, 0.1) is 6.04 Å². The van der Waals surface area contributed by atoms with Gasteiger partial charge in [-0.3, -0.25) is 4.98 Å². The van der Waals surface area contributed by atoms with Crippen molar-refractivity contribution in [2.75, 3.05) is 7.05 Å². The summed E-state index contributed by atoms with van der Waals surface area (Å²) >= 11 is 3.27. The molecule has 18 heavy (non-hydrogen) atoms. The Morgan fingerprint density at radius 2 is 2.06 bits per heavy atom. The average Bonchev–Trinajstić information content (AvgIpc) is 2.34. The van der Waals surface area contributed by atoms with Gasteiger partial charge >= 0.3 is 0 Å². The minimum absolute atomic E-state index is 0.188. The van der Waals surface area contributed by atoms with E-state index in [1.807, 2.05) is 26.1 Å². The molecule has 0 amide bonds. The number of aromatic nitrogens is 1. The Hall–Kier alpha value is -1.26. The van der Waals surface area contributed by atoms with Crippen molar-refractivity contribution in [2.24, 2.45) is 0 Å². The standard InChI is InChI=1S/C14H14BrFN2/c1-9-5-6-18-8-12(9)14(17-2)11-4-3-10(15)7-13(11)16/h3-8,14,17H,1-2H3. The second-order valence-electron chi connectivity index (χ2n) is 4.12. The molecule has 0 aliphatic rings. The van der Waals surface area contributed by atoms with Gasteiger partial charge in [0.15, 0.2) is 0 Å². The molecule has 1 aromatic heterocycles. The minimum atomic E-state index is -0.230. The summed E-state index contributed by atoms with van der Waals surface area (Å²) in [5.74, 6) is -0.230. The maximum Gasteiger partial charge on any atom is 0.129 e. The Kier molecular flexibility index (Phi) is 4.09. The van der Waals surface area contributed by atoms with Crippen molar-refractivity contribution in [3.8, 4) is 0 Å². The molecular weight excluding hydrogens is 295 g/mol. The molecular formula is C14H14BrFN2. The molecule has 1 heterocycles. The van der Waals surface area contributed by atoms with Gasteiger partial charge in [-0.1, -0.05) is 22.0 Å². The van der Waals surface area contributed by atoms with E-state index in [1.165, 1.54) is 6.07 Å². The van der Waals surface area contributed by atoms with E-state index in [0.717, 1.165) is 15.6 Å². The number of hydrogen-bond donors (Lipinski definition) is 1. The van der Waals surface area contributed by atoms with Crippen LogP contribution in [0.2, 0.25) is 0 Å². The number of hydrogen-bond acceptors (Lipinski definition) is 2. The molecule has 2 aromatic rings. The number of benzene rings is 1. The van der Waals surface area contributed by atoms with E-state index in [4.69, 9.17) is 0 Å². The Labute approximate surface area is 114 Å². The summed E-state index contributed by atoms with van der Waals surface area (Å²) in [7, 11) is 1.82. The number of nitrogens with zero attached hydrogens (tertiary/aromatic N) is 1. The second-order valence-corrected chi connectivity index (χ2v) is 5.04. The lowest BCUT2D eigenvalue weighted by Crippen LogP contribution is -2.20. The Balaban J connectivity index is 2.49. The van der Waals surface area contributed by atoms with E-state index < -0.39 is 0 Å². The molecule has 2 rings (SSSR count). The molecule has 0 spiro atoms. The second kappa shape index (κ2) is 5.59. The van der Waals surface area contributed by atoms with E-state index in [-0.39, 0.29) is 11.9 Å². The summed E-state index contributed by atoms with van der Waals surface area (Å²) in [5, 5.41) is 3.14. The van der Waals surface area contributed by atoms with Crippen LogP contribution in [0.15, 0.2) is 41.1 Å². The molecule has 0 saturated heterocycles. The lowest BCUT2D eigenvalue weighted by atomic mass is 9.96. The topological polar surface area (TPSA) is 24.9 Å². The van der Waals surface area contributed by atoms with Gasteiger partial charge in [-0.05, 0) is 43.3 Å². The van der Waals surface area contributed by atoms with Crippen LogP contribution in [0.3, 0.4) is 0 Å². The third-order valence-electron chi connectivity index (χ3n) is 2.95. The predicted molar refractivity (Wildman–Crippen MR) is 74.0 cm³/mol. The Morgan fingerprint density at radius 3 is 2.67 bits per heavy atom. The predicted octanol–water partition coefficient (Wildman–Crippen LogP) is 3.60. The molecule has 0 radical (unpaired) electrons. The fourth-order valence-corrected chi connectivity index (χ4v) is 2.33. The fraction of sp³-hybridized carbons (Fsp3) is 0.214. The third kappa shape index (κ3) is 2.60. The fourth-order valence-electron chi connectivity index (χ4n) is 1.99. The average molecular weight is 309 g/mol. The van der Waals surface area contributed by atoms with Crippen molar-refractivity contribution in [2.45, 2.75) is 13.0 Å². The summed E-state index contributed by atoms with van der Waals surface area (Å²) in [6.07, 6.45) is 3.52. The molecule has 1 N–H and O–H groups in total. The normalized spacial score (nSPS) is 12.4. The molecule has 94 valence electrons. The molecule has 2 nitrogen and oxygen atoms in total. The zero-order valence-electron chi connectivity index (χ0n) is 10.2. The first-order valence-electron chi connectivity index (χ1n) is 5.66. The van der Waals surface area contributed by atoms with E-state index in [9.17, 15) is 4.39 Å². The largest absolute Gasteiger partial charge is 0.309 e. The lowest BCUT2D eigenvalue weighted by molar-refractivity contribution is 0.574. The van der Waals surface area contributed by atoms with Gasteiger partial charge in [-0.15, -0.1) is 0 Å². The van der Waals surface area contributed by atoms with Crippen LogP contribution >= 0.6 is 15.9 Å². The Morgan fingerprint density at radius 1 is 1.28 bits per heavy atom. The van der Waals surface area contributed by atoms with Crippen LogP contribution in [0, 0.1) is 12.7 Å². The van der Waals surface area contributed by atoms with Gasteiger partial charge in [0.25, 0.3) is 0 Å². The zero-order valence-corrected chi connectivity index (χ0v) is 11.8. The van der Waals surface area contributed by atoms with Crippen LogP contribution in [0.4, 0.5) is 4.39 Å². The molecule has 1 aromatic carbocycles. The number of rotatable bonds is 3. The minimum Gasteiger partial charge on any atom is -0.309 e. The van der Waals surface area contributed by atoms with Gasteiger partial charge < -0.3 is 5.32 Å². The van der Waals surface area contributed by atoms with E-state index in [2.05, 4.69) is 26.2 Å². The first-order chi connectivity index (χ1) is 8.63. The molecule has 0 fully saturated rings. The van der Waals surface area contributed by atoms with Crippen molar-refractivity contribution in [3.05, 3.63) is 63.6 Å². The summed E-state index contributed by atoms with van der Waals surface area (Å²) in [6, 6.07) is 6.84. The van der Waals surface area contributed by atoms with Crippen molar-refractivity contribution < 1.29 is 4.39 Å². The van der Waals surface area contributed by atoms with Gasteiger partial charge in [-0.2, -0.15) is 0 Å². The molecule has 1 unspecified atom stereocenters. The summed E-state index contributed by atoms with van der Waals surface area (Å²) in [6.45, 7) is 2.00. The summed E-state index contributed by atoms with van der Waals surface area (Å²) in [5.41, 5.74) is 2.70. The number of halogens is 2. The number of aryl methyl sites for hydroxylation is 1. The van der Waals surface area contributed by atoms with Crippen LogP contribution in [0.25, 0.3) is 0 Å². The highest BCUT2D eigenvalue weighted by Gasteiger charge is 2.18. The number of pyridine rings is 1. The SMILES string of the molecule is CNC(c1cnccc1C)c1ccc(Br)cc1F. The van der Waals surface area contributed by atoms with Crippen LogP contribution in [-0.2, 0) is 0 Å². The zero-order chi connectivity index (χ0) is 13.1. The molecule has 1 atom stereocenters. The maximum absolute atomic E-state index is 14.0.